The normalized spacial score (nSPS) is 14.6. The summed E-state index contributed by atoms with van der Waals surface area (Å²) in [6, 6.07) is 7.21. The van der Waals surface area contributed by atoms with Gasteiger partial charge in [0.2, 0.25) is 5.91 Å². The number of benzene rings is 1. The molecule has 0 aliphatic carbocycles. The van der Waals surface area contributed by atoms with Gasteiger partial charge < -0.3 is 29.6 Å². The Morgan fingerprint density at radius 1 is 1.15 bits per heavy atom. The van der Waals surface area contributed by atoms with Crippen LogP contribution in [0.15, 0.2) is 36.8 Å². The van der Waals surface area contributed by atoms with Crippen LogP contribution in [0, 0.1) is 0 Å². The molecule has 1 saturated heterocycles. The summed E-state index contributed by atoms with van der Waals surface area (Å²) in [5.41, 5.74) is 1.58. The second-order valence-electron chi connectivity index (χ2n) is 10.9. The summed E-state index contributed by atoms with van der Waals surface area (Å²) in [6.07, 6.45) is 5.24. The quantitative estimate of drug-likeness (QED) is 0.372. The Hall–Kier alpha value is -3.58. The van der Waals surface area contributed by atoms with Crippen molar-refractivity contribution < 1.29 is 27.5 Å². The molecular formula is C27H35ClN6O6S. The number of carbonyl (C=O) groups is 2. The Kier molecular flexibility index (Phi) is 9.27. The third-order valence-corrected chi connectivity index (χ3v) is 7.28. The molecule has 0 bridgehead atoms. The molecule has 0 spiro atoms. The number of hydrogen-bond donors (Lipinski definition) is 2. The highest BCUT2D eigenvalue weighted by Gasteiger charge is 2.28. The molecular weight excluding hydrogens is 572 g/mol. The lowest BCUT2D eigenvalue weighted by Gasteiger charge is -2.33. The van der Waals surface area contributed by atoms with E-state index in [0.29, 0.717) is 60.3 Å². The van der Waals surface area contributed by atoms with Crippen molar-refractivity contribution in [1.29, 1.82) is 0 Å². The molecule has 0 saturated carbocycles. The topological polar surface area (TPSA) is 145 Å². The molecule has 0 atom stereocenters. The van der Waals surface area contributed by atoms with Crippen molar-refractivity contribution in [1.82, 2.24) is 24.8 Å². The van der Waals surface area contributed by atoms with Gasteiger partial charge in [0, 0.05) is 57.2 Å². The van der Waals surface area contributed by atoms with E-state index in [2.05, 4.69) is 20.6 Å². The fourth-order valence-electron chi connectivity index (χ4n) is 4.39. The number of anilines is 2. The molecule has 2 aromatic heterocycles. The van der Waals surface area contributed by atoms with Crippen molar-refractivity contribution in [2.45, 2.75) is 51.9 Å². The number of nitrogens with one attached hydrogen (secondary N) is 2. The molecule has 222 valence electrons. The van der Waals surface area contributed by atoms with Crippen molar-refractivity contribution in [2.75, 3.05) is 37.0 Å². The first-order valence-electron chi connectivity index (χ1n) is 13.2. The van der Waals surface area contributed by atoms with Crippen LogP contribution in [0.5, 0.6) is 5.75 Å². The second-order valence-corrected chi connectivity index (χ2v) is 13.5. The maximum absolute atomic E-state index is 12.3. The molecule has 1 aromatic carbocycles. The van der Waals surface area contributed by atoms with Gasteiger partial charge in [-0.05, 0) is 45.0 Å². The van der Waals surface area contributed by atoms with E-state index >= 15 is 0 Å². The summed E-state index contributed by atoms with van der Waals surface area (Å²) < 4.78 is 36.1. The van der Waals surface area contributed by atoms with Crippen molar-refractivity contribution >= 4 is 56.0 Å². The summed E-state index contributed by atoms with van der Waals surface area (Å²) in [4.78, 5) is 34.6. The van der Waals surface area contributed by atoms with E-state index in [0.717, 1.165) is 11.8 Å². The van der Waals surface area contributed by atoms with Crippen molar-refractivity contribution in [3.63, 3.8) is 0 Å². The summed E-state index contributed by atoms with van der Waals surface area (Å²) >= 11 is 6.57. The first-order chi connectivity index (χ1) is 19.3. The maximum atomic E-state index is 12.3. The van der Waals surface area contributed by atoms with Gasteiger partial charge in [-0.1, -0.05) is 11.6 Å². The number of likely N-dealkylation sites (tertiary alicyclic amines) is 1. The molecule has 1 aliphatic rings. The average Bonchev–Trinajstić information content (AvgIpc) is 3.28. The zero-order valence-corrected chi connectivity index (χ0v) is 25.1. The summed E-state index contributed by atoms with van der Waals surface area (Å²) in [5.74, 6) is -0.0130. The molecule has 3 aromatic rings. The SMILES string of the molecule is CC(C)(C)OC(=O)N1CCC(Oc2ccc(Nc3ncnc4ccn(CCNC(=O)CS(C)(=O)=O)c34)cc2Cl)CC1. The predicted molar refractivity (Wildman–Crippen MR) is 156 cm³/mol. The van der Waals surface area contributed by atoms with Gasteiger partial charge in [-0.2, -0.15) is 0 Å². The number of piperidine rings is 1. The van der Waals surface area contributed by atoms with Crippen LogP contribution < -0.4 is 15.4 Å². The van der Waals surface area contributed by atoms with E-state index in [9.17, 15) is 18.0 Å². The highest BCUT2D eigenvalue weighted by Crippen LogP contribution is 2.32. The zero-order chi connectivity index (χ0) is 29.8. The van der Waals surface area contributed by atoms with Crippen molar-refractivity contribution in [3.05, 3.63) is 41.8 Å². The number of rotatable bonds is 9. The van der Waals surface area contributed by atoms with Crippen molar-refractivity contribution in [3.8, 4) is 5.75 Å². The highest BCUT2D eigenvalue weighted by atomic mass is 35.5. The Morgan fingerprint density at radius 3 is 2.54 bits per heavy atom. The van der Waals surface area contributed by atoms with E-state index in [4.69, 9.17) is 21.1 Å². The Morgan fingerprint density at radius 2 is 1.88 bits per heavy atom. The van der Waals surface area contributed by atoms with Gasteiger partial charge in [0.25, 0.3) is 0 Å². The standard InChI is InChI=1S/C27H35ClN6O6S/c1-27(2,3)40-26(36)34-11-7-19(8-12-34)39-22-6-5-18(15-20(22)28)32-25-24-21(30-17-31-25)9-13-33(24)14-10-29-23(35)16-41(4,37)38/h5-6,9,13,15,17,19H,7-8,10-12,14,16H2,1-4H3,(H,29,35)(H,30,31,32). The minimum atomic E-state index is -3.40. The summed E-state index contributed by atoms with van der Waals surface area (Å²) in [5, 5.41) is 6.32. The minimum absolute atomic E-state index is 0.0762. The van der Waals surface area contributed by atoms with Gasteiger partial charge in [-0.3, -0.25) is 4.79 Å². The van der Waals surface area contributed by atoms with E-state index in [1.807, 2.05) is 43.7 Å². The largest absolute Gasteiger partial charge is 0.489 e. The molecule has 0 radical (unpaired) electrons. The number of aromatic nitrogens is 3. The summed E-state index contributed by atoms with van der Waals surface area (Å²) in [6.45, 7) is 7.26. The number of nitrogens with zero attached hydrogens (tertiary/aromatic N) is 4. The van der Waals surface area contributed by atoms with Gasteiger partial charge >= 0.3 is 6.09 Å². The number of ether oxygens (including phenoxy) is 2. The van der Waals surface area contributed by atoms with Gasteiger partial charge in [-0.15, -0.1) is 0 Å². The number of fused-ring (bicyclic) bond motifs is 1. The van der Waals surface area contributed by atoms with Crippen LogP contribution in [-0.4, -0.2) is 83.2 Å². The third kappa shape index (κ3) is 8.70. The molecule has 2 N–H and O–H groups in total. The molecule has 1 aliphatic heterocycles. The lowest BCUT2D eigenvalue weighted by molar-refractivity contribution is -0.118. The number of carbonyl (C=O) groups excluding carboxylic acids is 2. The zero-order valence-electron chi connectivity index (χ0n) is 23.5. The first kappa shape index (κ1) is 30.4. The van der Waals surface area contributed by atoms with Crippen LogP contribution in [0.3, 0.4) is 0 Å². The maximum Gasteiger partial charge on any atom is 0.410 e. The van der Waals surface area contributed by atoms with E-state index in [1.165, 1.54) is 6.33 Å². The monoisotopic (exact) mass is 606 g/mol. The number of hydrogen-bond acceptors (Lipinski definition) is 9. The molecule has 2 amide bonds. The van der Waals surface area contributed by atoms with Gasteiger partial charge in [-0.25, -0.2) is 23.2 Å². The second kappa shape index (κ2) is 12.5. The van der Waals surface area contributed by atoms with Crippen LogP contribution in [0.25, 0.3) is 11.0 Å². The number of sulfone groups is 1. The molecule has 0 unspecified atom stereocenters. The Labute approximate surface area is 244 Å². The Balaban J connectivity index is 1.37. The smallest absolute Gasteiger partial charge is 0.410 e. The molecule has 41 heavy (non-hydrogen) atoms. The van der Waals surface area contributed by atoms with Crippen LogP contribution >= 0.6 is 11.6 Å². The molecule has 1 fully saturated rings. The lowest BCUT2D eigenvalue weighted by atomic mass is 10.1. The molecule has 4 rings (SSSR count). The molecule has 3 heterocycles. The summed E-state index contributed by atoms with van der Waals surface area (Å²) in [7, 11) is -3.40. The van der Waals surface area contributed by atoms with Crippen LogP contribution in [0.1, 0.15) is 33.6 Å². The number of halogens is 1. The lowest BCUT2D eigenvalue weighted by Crippen LogP contribution is -2.44. The van der Waals surface area contributed by atoms with E-state index in [-0.39, 0.29) is 18.7 Å². The molecule has 14 heteroatoms. The van der Waals surface area contributed by atoms with Crippen molar-refractivity contribution in [2.24, 2.45) is 0 Å². The van der Waals surface area contributed by atoms with Crippen LogP contribution in [0.2, 0.25) is 5.02 Å². The van der Waals surface area contributed by atoms with Crippen LogP contribution in [-0.2, 0) is 25.9 Å². The van der Waals surface area contributed by atoms with Gasteiger partial charge in [0.1, 0.15) is 35.1 Å². The highest BCUT2D eigenvalue weighted by molar-refractivity contribution is 7.91. The van der Waals surface area contributed by atoms with Gasteiger partial charge in [0.15, 0.2) is 15.7 Å². The first-order valence-corrected chi connectivity index (χ1v) is 15.7. The molecule has 12 nitrogen and oxygen atoms in total. The third-order valence-electron chi connectivity index (χ3n) is 6.20. The fraction of sp³-hybridized carbons (Fsp3) is 0.481. The average molecular weight is 607 g/mol. The van der Waals surface area contributed by atoms with Crippen LogP contribution in [0.4, 0.5) is 16.3 Å². The Bertz CT molecular complexity index is 1510. The minimum Gasteiger partial charge on any atom is -0.489 e. The van der Waals surface area contributed by atoms with Gasteiger partial charge in [0.05, 0.1) is 10.5 Å². The number of amides is 2. The predicted octanol–water partition coefficient (Wildman–Crippen LogP) is 3.77. The van der Waals surface area contributed by atoms with E-state index in [1.54, 1.807) is 17.0 Å². The fourth-order valence-corrected chi connectivity index (χ4v) is 5.19. The van der Waals surface area contributed by atoms with E-state index < -0.39 is 27.1 Å².